The maximum Gasteiger partial charge on any atom is 0.317 e. The molecule has 1 atom stereocenters. The van der Waals surface area contributed by atoms with Gasteiger partial charge in [-0.2, -0.15) is 0 Å². The van der Waals surface area contributed by atoms with E-state index in [1.807, 2.05) is 25.1 Å². The summed E-state index contributed by atoms with van der Waals surface area (Å²) in [5.74, 6) is 1.84. The molecular weight excluding hydrogens is 356 g/mol. The average molecular weight is 382 g/mol. The molecule has 3 rings (SSSR count). The highest BCUT2D eigenvalue weighted by atomic mass is 32.2. The van der Waals surface area contributed by atoms with Gasteiger partial charge in [0.2, 0.25) is 0 Å². The number of hydrogen-bond acceptors (Lipinski definition) is 7. The van der Waals surface area contributed by atoms with Crippen molar-refractivity contribution >= 4 is 27.5 Å². The van der Waals surface area contributed by atoms with E-state index in [4.69, 9.17) is 0 Å². The van der Waals surface area contributed by atoms with Crippen molar-refractivity contribution in [2.75, 3.05) is 48.9 Å². The van der Waals surface area contributed by atoms with Gasteiger partial charge in [-0.15, -0.1) is 0 Å². The van der Waals surface area contributed by atoms with E-state index in [1.165, 1.54) is 6.33 Å². The SMILES string of the molecule is CN(C)c1cc(NC2CCN(C(=O)NC3CCS(=O)(=O)C3)CC2)ncn1. The van der Waals surface area contributed by atoms with E-state index < -0.39 is 9.84 Å². The summed E-state index contributed by atoms with van der Waals surface area (Å²) in [4.78, 5) is 24.5. The molecule has 2 N–H and O–H groups in total. The van der Waals surface area contributed by atoms with Crippen LogP contribution >= 0.6 is 0 Å². The Hall–Kier alpha value is -2.10. The van der Waals surface area contributed by atoms with E-state index in [9.17, 15) is 13.2 Å². The van der Waals surface area contributed by atoms with Crippen molar-refractivity contribution in [1.82, 2.24) is 20.2 Å². The Balaban J connectivity index is 1.47. The lowest BCUT2D eigenvalue weighted by atomic mass is 10.1. The molecule has 26 heavy (non-hydrogen) atoms. The van der Waals surface area contributed by atoms with Crippen LogP contribution in [0.15, 0.2) is 12.4 Å². The molecule has 0 aromatic carbocycles. The van der Waals surface area contributed by atoms with Gasteiger partial charge in [0.15, 0.2) is 9.84 Å². The fourth-order valence-electron chi connectivity index (χ4n) is 3.28. The number of hydrogen-bond donors (Lipinski definition) is 2. The number of amides is 2. The third-order valence-corrected chi connectivity index (χ3v) is 6.57. The molecule has 0 spiro atoms. The van der Waals surface area contributed by atoms with Gasteiger partial charge >= 0.3 is 6.03 Å². The summed E-state index contributed by atoms with van der Waals surface area (Å²) in [6.45, 7) is 1.27. The minimum Gasteiger partial charge on any atom is -0.367 e. The van der Waals surface area contributed by atoms with Crippen LogP contribution in [0.5, 0.6) is 0 Å². The Morgan fingerprint density at radius 1 is 1.19 bits per heavy atom. The third kappa shape index (κ3) is 4.75. The molecule has 2 aliphatic heterocycles. The highest BCUT2D eigenvalue weighted by molar-refractivity contribution is 7.91. The van der Waals surface area contributed by atoms with Crippen molar-refractivity contribution in [2.24, 2.45) is 0 Å². The summed E-state index contributed by atoms with van der Waals surface area (Å²) in [7, 11) is 0.875. The van der Waals surface area contributed by atoms with Crippen molar-refractivity contribution < 1.29 is 13.2 Å². The number of piperidine rings is 1. The number of anilines is 2. The van der Waals surface area contributed by atoms with Crippen LogP contribution in [-0.4, -0.2) is 80.1 Å². The minimum absolute atomic E-state index is 0.0542. The number of carbonyl (C=O) groups is 1. The van der Waals surface area contributed by atoms with E-state index in [0.717, 1.165) is 24.5 Å². The maximum atomic E-state index is 12.3. The van der Waals surface area contributed by atoms with Gasteiger partial charge in [0.25, 0.3) is 0 Å². The predicted octanol–water partition coefficient (Wildman–Crippen LogP) is 0.316. The number of aromatic nitrogens is 2. The molecule has 2 saturated heterocycles. The number of urea groups is 1. The molecule has 2 fully saturated rings. The van der Waals surface area contributed by atoms with Crippen LogP contribution in [-0.2, 0) is 9.84 Å². The number of likely N-dealkylation sites (tertiary alicyclic amines) is 1. The lowest BCUT2D eigenvalue weighted by Gasteiger charge is -2.33. The number of nitrogens with one attached hydrogen (secondary N) is 2. The molecule has 1 aromatic heterocycles. The largest absolute Gasteiger partial charge is 0.367 e. The summed E-state index contributed by atoms with van der Waals surface area (Å²) in [5, 5.41) is 6.25. The van der Waals surface area contributed by atoms with Crippen LogP contribution in [0.4, 0.5) is 16.4 Å². The van der Waals surface area contributed by atoms with Gasteiger partial charge < -0.3 is 20.4 Å². The molecule has 2 amide bonds. The Kier molecular flexibility index (Phi) is 5.49. The second-order valence-electron chi connectivity index (χ2n) is 7.11. The first-order valence-corrected chi connectivity index (χ1v) is 10.7. The van der Waals surface area contributed by atoms with Crippen LogP contribution in [0, 0.1) is 0 Å². The van der Waals surface area contributed by atoms with Crippen molar-refractivity contribution in [3.63, 3.8) is 0 Å². The molecule has 0 saturated carbocycles. The quantitative estimate of drug-likeness (QED) is 0.772. The van der Waals surface area contributed by atoms with Gasteiger partial charge in [0.1, 0.15) is 18.0 Å². The highest BCUT2D eigenvalue weighted by Crippen LogP contribution is 2.18. The monoisotopic (exact) mass is 382 g/mol. The van der Waals surface area contributed by atoms with Crippen LogP contribution in [0.1, 0.15) is 19.3 Å². The first kappa shape index (κ1) is 18.7. The molecule has 10 heteroatoms. The molecule has 9 nitrogen and oxygen atoms in total. The molecule has 0 aliphatic carbocycles. The van der Waals surface area contributed by atoms with Crippen molar-refractivity contribution in [3.8, 4) is 0 Å². The fourth-order valence-corrected chi connectivity index (χ4v) is 4.95. The first-order chi connectivity index (χ1) is 12.3. The zero-order valence-electron chi connectivity index (χ0n) is 15.2. The second-order valence-corrected chi connectivity index (χ2v) is 9.34. The third-order valence-electron chi connectivity index (χ3n) is 4.81. The topological polar surface area (TPSA) is 108 Å². The first-order valence-electron chi connectivity index (χ1n) is 8.84. The molecular formula is C16H26N6O3S. The Bertz CT molecular complexity index is 746. The van der Waals surface area contributed by atoms with E-state index in [-0.39, 0.29) is 29.6 Å². The zero-order valence-corrected chi connectivity index (χ0v) is 16.0. The standard InChI is InChI=1S/C16H26N6O3S/c1-21(2)15-9-14(17-11-18-15)19-12-3-6-22(7-4-12)16(23)20-13-5-8-26(24,25)10-13/h9,11-13H,3-8,10H2,1-2H3,(H,20,23)(H,17,18,19). The van der Waals surface area contributed by atoms with Gasteiger partial charge in [-0.25, -0.2) is 23.2 Å². The molecule has 2 aliphatic rings. The van der Waals surface area contributed by atoms with Gasteiger partial charge in [-0.1, -0.05) is 0 Å². The van der Waals surface area contributed by atoms with Crippen LogP contribution in [0.2, 0.25) is 0 Å². The number of rotatable bonds is 4. The average Bonchev–Trinajstić information content (AvgIpc) is 2.94. The number of sulfone groups is 1. The Labute approximate surface area is 154 Å². The van der Waals surface area contributed by atoms with E-state index >= 15 is 0 Å². The van der Waals surface area contributed by atoms with Gasteiger partial charge in [-0.3, -0.25) is 0 Å². The van der Waals surface area contributed by atoms with Crippen LogP contribution in [0.25, 0.3) is 0 Å². The van der Waals surface area contributed by atoms with Crippen molar-refractivity contribution in [1.29, 1.82) is 0 Å². The van der Waals surface area contributed by atoms with Crippen molar-refractivity contribution in [2.45, 2.75) is 31.3 Å². The maximum absolute atomic E-state index is 12.3. The van der Waals surface area contributed by atoms with Crippen molar-refractivity contribution in [3.05, 3.63) is 12.4 Å². The Morgan fingerprint density at radius 3 is 2.54 bits per heavy atom. The van der Waals surface area contributed by atoms with Gasteiger partial charge in [0.05, 0.1) is 11.5 Å². The van der Waals surface area contributed by atoms with Crippen LogP contribution in [0.3, 0.4) is 0 Å². The Morgan fingerprint density at radius 2 is 1.92 bits per heavy atom. The zero-order chi connectivity index (χ0) is 18.7. The molecule has 0 bridgehead atoms. The van der Waals surface area contributed by atoms with Gasteiger partial charge in [0, 0.05) is 45.3 Å². The minimum atomic E-state index is -2.98. The van der Waals surface area contributed by atoms with Gasteiger partial charge in [-0.05, 0) is 19.3 Å². The molecule has 1 unspecified atom stereocenters. The highest BCUT2D eigenvalue weighted by Gasteiger charge is 2.31. The lowest BCUT2D eigenvalue weighted by Crippen LogP contribution is -2.49. The number of carbonyl (C=O) groups excluding carboxylic acids is 1. The van der Waals surface area contributed by atoms with E-state index in [0.29, 0.717) is 19.5 Å². The summed E-state index contributed by atoms with van der Waals surface area (Å²) in [6, 6.07) is 1.73. The van der Waals surface area contributed by atoms with E-state index in [1.54, 1.807) is 4.90 Å². The fraction of sp³-hybridized carbons (Fsp3) is 0.688. The lowest BCUT2D eigenvalue weighted by molar-refractivity contribution is 0.180. The molecule has 1 aromatic rings. The number of nitrogens with zero attached hydrogens (tertiary/aromatic N) is 4. The smallest absolute Gasteiger partial charge is 0.317 e. The summed E-state index contributed by atoms with van der Waals surface area (Å²) >= 11 is 0. The molecule has 3 heterocycles. The summed E-state index contributed by atoms with van der Waals surface area (Å²) < 4.78 is 23.0. The van der Waals surface area contributed by atoms with Crippen LogP contribution < -0.4 is 15.5 Å². The normalized spacial score (nSPS) is 22.8. The summed E-state index contributed by atoms with van der Waals surface area (Å²) in [6.07, 6.45) is 3.68. The predicted molar refractivity (Wildman–Crippen MR) is 100 cm³/mol. The van der Waals surface area contributed by atoms with E-state index in [2.05, 4.69) is 20.6 Å². The molecule has 0 radical (unpaired) electrons. The second kappa shape index (κ2) is 7.65. The molecule has 144 valence electrons. The summed E-state index contributed by atoms with van der Waals surface area (Å²) in [5.41, 5.74) is 0.